The minimum Gasteiger partial charge on any atom is -0.457 e. The fourth-order valence-electron chi connectivity index (χ4n) is 4.26. The molecule has 0 unspecified atom stereocenters. The van der Waals surface area contributed by atoms with Crippen LogP contribution in [-0.2, 0) is 4.74 Å². The van der Waals surface area contributed by atoms with Gasteiger partial charge in [0.2, 0.25) is 0 Å². The summed E-state index contributed by atoms with van der Waals surface area (Å²) in [6.07, 6.45) is 4.32. The van der Waals surface area contributed by atoms with Crippen molar-refractivity contribution in [2.75, 3.05) is 11.1 Å². The molecule has 0 spiro atoms. The number of benzene rings is 2. The molecule has 1 saturated carbocycles. The highest BCUT2D eigenvalue weighted by molar-refractivity contribution is 6.16. The van der Waals surface area contributed by atoms with Crippen molar-refractivity contribution in [2.24, 2.45) is 0 Å². The zero-order valence-corrected chi connectivity index (χ0v) is 23.5. The van der Waals surface area contributed by atoms with Crippen molar-refractivity contribution in [2.45, 2.75) is 78.0 Å². The monoisotopic (exact) mass is 532 g/mol. The molecule has 1 aliphatic rings. The smallest absolute Gasteiger partial charge is 0.407 e. The molecule has 1 fully saturated rings. The zero-order valence-electron chi connectivity index (χ0n) is 23.5. The number of alkyl carbamates (subject to hydrolysis) is 1. The van der Waals surface area contributed by atoms with E-state index in [1.54, 1.807) is 0 Å². The third kappa shape index (κ3) is 8.70. The largest absolute Gasteiger partial charge is 0.457 e. The van der Waals surface area contributed by atoms with Crippen molar-refractivity contribution in [1.29, 1.82) is 5.41 Å². The van der Waals surface area contributed by atoms with Crippen LogP contribution in [0.2, 0.25) is 0 Å². The quantitative estimate of drug-likeness (QED) is 0.254. The highest BCUT2D eigenvalue weighted by Gasteiger charge is 2.26. The van der Waals surface area contributed by atoms with Gasteiger partial charge in [0.25, 0.3) is 0 Å². The number of nitrogens with one attached hydrogen (secondary N) is 3. The number of ether oxygens (including phenoxy) is 2. The first-order chi connectivity index (χ1) is 18.7. The predicted octanol–water partition coefficient (Wildman–Crippen LogP) is 6.54. The predicted molar refractivity (Wildman–Crippen MR) is 156 cm³/mol. The van der Waals surface area contributed by atoms with Crippen LogP contribution < -0.4 is 21.1 Å². The van der Waals surface area contributed by atoms with Gasteiger partial charge in [0.05, 0.1) is 11.3 Å². The Morgan fingerprint density at radius 3 is 2.13 bits per heavy atom. The van der Waals surface area contributed by atoms with Crippen LogP contribution in [0.15, 0.2) is 60.9 Å². The highest BCUT2D eigenvalue weighted by Crippen LogP contribution is 2.28. The van der Waals surface area contributed by atoms with Gasteiger partial charge in [0.15, 0.2) is 0 Å². The van der Waals surface area contributed by atoms with E-state index in [4.69, 9.17) is 20.6 Å². The first-order valence-electron chi connectivity index (χ1n) is 13.5. The lowest BCUT2D eigenvalue weighted by molar-refractivity contribution is 0.0492. The number of aromatic nitrogens is 2. The molecule has 9 nitrogen and oxygen atoms in total. The molecule has 2 aromatic carbocycles. The van der Waals surface area contributed by atoms with Gasteiger partial charge in [0, 0.05) is 17.6 Å². The normalized spacial score (nSPS) is 16.7. The standard InChI is InChI=1S/C28H34N6O3.C2H6/c1-28(2,3)37-27(35)34-20-13-11-19(12-14-20)33-26-23(25(30)31-17-32-26)24(29)18-9-15-22(16-10-18)36-21-7-5-4-6-8-21;1-2/h4-10,15-17,19-20,29H,11-14H2,1-3H3,(H,34,35)(H3,30,31,32,33);1-2H3. The molecule has 3 aromatic rings. The molecule has 0 radical (unpaired) electrons. The molecule has 1 heterocycles. The molecular formula is C30H40N6O3. The number of nitrogens with zero attached hydrogens (tertiary/aromatic N) is 2. The number of hydrogen-bond donors (Lipinski definition) is 4. The SMILES string of the molecule is CC.CC(C)(C)OC(=O)NC1CCC(Nc2ncnc(N)c2C(=N)c2ccc(Oc3ccccc3)cc2)CC1. The molecular weight excluding hydrogens is 492 g/mol. The first kappa shape index (κ1) is 29.4. The average molecular weight is 533 g/mol. The number of carbonyl (C=O) groups excluding carboxylic acids is 1. The van der Waals surface area contributed by atoms with Crippen LogP contribution in [0.1, 0.15) is 71.4 Å². The Balaban J connectivity index is 0.00000205. The van der Waals surface area contributed by atoms with Gasteiger partial charge in [-0.1, -0.05) is 32.0 Å². The Morgan fingerprint density at radius 2 is 1.51 bits per heavy atom. The lowest BCUT2D eigenvalue weighted by Gasteiger charge is -2.31. The number of nitrogen functional groups attached to an aromatic ring is 1. The topological polar surface area (TPSA) is 135 Å². The molecule has 1 aliphatic carbocycles. The van der Waals surface area contributed by atoms with Crippen LogP contribution in [0.4, 0.5) is 16.4 Å². The van der Waals surface area contributed by atoms with E-state index in [2.05, 4.69) is 20.6 Å². The maximum absolute atomic E-state index is 12.1. The maximum atomic E-state index is 12.1. The Labute approximate surface area is 231 Å². The summed E-state index contributed by atoms with van der Waals surface area (Å²) in [6, 6.07) is 17.0. The second-order valence-corrected chi connectivity index (χ2v) is 10.1. The summed E-state index contributed by atoms with van der Waals surface area (Å²) < 4.78 is 11.2. The number of carbonyl (C=O) groups is 1. The number of hydrogen-bond acceptors (Lipinski definition) is 8. The van der Waals surface area contributed by atoms with E-state index in [1.807, 2.05) is 89.2 Å². The van der Waals surface area contributed by atoms with Crippen molar-refractivity contribution in [3.05, 3.63) is 72.1 Å². The van der Waals surface area contributed by atoms with E-state index in [1.165, 1.54) is 6.33 Å². The summed E-state index contributed by atoms with van der Waals surface area (Å²) in [5.74, 6) is 2.20. The molecule has 39 heavy (non-hydrogen) atoms. The van der Waals surface area contributed by atoms with Crippen molar-refractivity contribution in [3.8, 4) is 11.5 Å². The molecule has 1 amide bonds. The summed E-state index contributed by atoms with van der Waals surface area (Å²) in [4.78, 5) is 20.6. The van der Waals surface area contributed by atoms with Crippen LogP contribution in [0.3, 0.4) is 0 Å². The van der Waals surface area contributed by atoms with Crippen LogP contribution in [-0.4, -0.2) is 39.5 Å². The third-order valence-corrected chi connectivity index (χ3v) is 6.04. The minimum absolute atomic E-state index is 0.0674. The van der Waals surface area contributed by atoms with Gasteiger partial charge in [-0.15, -0.1) is 0 Å². The van der Waals surface area contributed by atoms with E-state index < -0.39 is 5.60 Å². The first-order valence-corrected chi connectivity index (χ1v) is 13.5. The van der Waals surface area contributed by atoms with Gasteiger partial charge < -0.3 is 25.8 Å². The summed E-state index contributed by atoms with van der Waals surface area (Å²) in [7, 11) is 0. The van der Waals surface area contributed by atoms with Gasteiger partial charge in [-0.25, -0.2) is 14.8 Å². The van der Waals surface area contributed by atoms with Gasteiger partial charge in [0.1, 0.15) is 35.1 Å². The number of para-hydroxylation sites is 1. The Hall–Kier alpha value is -4.14. The lowest BCUT2D eigenvalue weighted by Crippen LogP contribution is -2.42. The van der Waals surface area contributed by atoms with Gasteiger partial charge in [-0.3, -0.25) is 5.41 Å². The molecule has 9 heteroatoms. The lowest BCUT2D eigenvalue weighted by atomic mass is 9.91. The van der Waals surface area contributed by atoms with E-state index in [0.717, 1.165) is 31.4 Å². The van der Waals surface area contributed by atoms with Crippen LogP contribution in [0.5, 0.6) is 11.5 Å². The van der Waals surface area contributed by atoms with Crippen LogP contribution in [0, 0.1) is 5.41 Å². The van der Waals surface area contributed by atoms with Crippen LogP contribution in [0.25, 0.3) is 0 Å². The highest BCUT2D eigenvalue weighted by atomic mass is 16.6. The third-order valence-electron chi connectivity index (χ3n) is 6.04. The fraction of sp³-hybridized carbons (Fsp3) is 0.400. The van der Waals surface area contributed by atoms with Gasteiger partial charge >= 0.3 is 6.09 Å². The minimum atomic E-state index is -0.522. The molecule has 5 N–H and O–H groups in total. The van der Waals surface area contributed by atoms with E-state index >= 15 is 0 Å². The number of nitrogens with two attached hydrogens (primary N) is 1. The summed E-state index contributed by atoms with van der Waals surface area (Å²) in [6.45, 7) is 9.55. The number of amides is 1. The number of rotatable bonds is 7. The summed E-state index contributed by atoms with van der Waals surface area (Å²) in [5.41, 5.74) is 7.06. The summed E-state index contributed by atoms with van der Waals surface area (Å²) >= 11 is 0. The Morgan fingerprint density at radius 1 is 0.923 bits per heavy atom. The Bertz CT molecular complexity index is 1220. The van der Waals surface area contributed by atoms with Crippen molar-refractivity contribution >= 4 is 23.4 Å². The molecule has 0 bridgehead atoms. The van der Waals surface area contributed by atoms with Crippen molar-refractivity contribution in [1.82, 2.24) is 15.3 Å². The second-order valence-electron chi connectivity index (χ2n) is 10.1. The molecule has 0 atom stereocenters. The summed E-state index contributed by atoms with van der Waals surface area (Å²) in [5, 5.41) is 15.3. The average Bonchev–Trinajstić information content (AvgIpc) is 2.91. The molecule has 208 valence electrons. The van der Waals surface area contributed by atoms with Gasteiger partial charge in [-0.05, 0) is 82.9 Å². The molecule has 0 aliphatic heterocycles. The van der Waals surface area contributed by atoms with Crippen molar-refractivity contribution in [3.63, 3.8) is 0 Å². The number of anilines is 2. The zero-order chi connectivity index (χ0) is 28.4. The second kappa shape index (κ2) is 13.6. The Kier molecular flexibility index (Phi) is 10.3. The molecule has 4 rings (SSSR count). The van der Waals surface area contributed by atoms with Crippen molar-refractivity contribution < 1.29 is 14.3 Å². The van der Waals surface area contributed by atoms with E-state index in [9.17, 15) is 4.79 Å². The van der Waals surface area contributed by atoms with E-state index in [0.29, 0.717) is 22.7 Å². The van der Waals surface area contributed by atoms with E-state index in [-0.39, 0.29) is 29.7 Å². The fourth-order valence-corrected chi connectivity index (χ4v) is 4.26. The molecule has 1 aromatic heterocycles. The maximum Gasteiger partial charge on any atom is 0.407 e. The van der Waals surface area contributed by atoms with Gasteiger partial charge in [-0.2, -0.15) is 0 Å². The molecule has 0 saturated heterocycles. The van der Waals surface area contributed by atoms with Crippen LogP contribution >= 0.6 is 0 Å².